The van der Waals surface area contributed by atoms with E-state index in [2.05, 4.69) is 29.4 Å². The van der Waals surface area contributed by atoms with Gasteiger partial charge in [-0.15, -0.1) is 0 Å². The average molecular weight is 141 g/mol. The van der Waals surface area contributed by atoms with E-state index in [1.54, 1.807) is 20.3 Å². The molecule has 0 fully saturated rings. The summed E-state index contributed by atoms with van der Waals surface area (Å²) in [5.74, 6) is 0.427. The van der Waals surface area contributed by atoms with E-state index in [1.807, 2.05) is 0 Å². The summed E-state index contributed by atoms with van der Waals surface area (Å²) in [6.07, 6.45) is 1.77. The third-order valence-electron chi connectivity index (χ3n) is 1.09. The highest BCUT2D eigenvalue weighted by atomic mass is 15.3. The average Bonchev–Trinajstić information content (AvgIpc) is 1.87. The molecule has 3 heteroatoms. The predicted octanol–water partition coefficient (Wildman–Crippen LogP) is 0.918. The minimum absolute atomic E-state index is 0.427. The van der Waals surface area contributed by atoms with Crippen LogP contribution in [0.5, 0.6) is 0 Å². The van der Waals surface area contributed by atoms with Gasteiger partial charge in [-0.05, 0) is 5.92 Å². The summed E-state index contributed by atoms with van der Waals surface area (Å²) in [4.78, 5) is 3.88. The van der Waals surface area contributed by atoms with Gasteiger partial charge >= 0.3 is 0 Å². The molecular formula is C7H15N3. The van der Waals surface area contributed by atoms with E-state index in [4.69, 9.17) is 0 Å². The lowest BCUT2D eigenvalue weighted by molar-refractivity contribution is 0.837. The van der Waals surface area contributed by atoms with Gasteiger partial charge in [-0.2, -0.15) is 5.10 Å². The molecule has 0 aromatic carbocycles. The third kappa shape index (κ3) is 3.22. The Hall–Kier alpha value is -0.860. The smallest absolute Gasteiger partial charge is 0.0805 e. The van der Waals surface area contributed by atoms with Crippen molar-refractivity contribution in [3.8, 4) is 0 Å². The van der Waals surface area contributed by atoms with Crippen molar-refractivity contribution in [3.05, 3.63) is 0 Å². The van der Waals surface area contributed by atoms with Crippen molar-refractivity contribution in [3.63, 3.8) is 0 Å². The molecule has 10 heavy (non-hydrogen) atoms. The van der Waals surface area contributed by atoms with Crippen LogP contribution in [0, 0.1) is 5.92 Å². The first-order valence-corrected chi connectivity index (χ1v) is 3.38. The predicted molar refractivity (Wildman–Crippen MR) is 45.7 cm³/mol. The van der Waals surface area contributed by atoms with Crippen LogP contribution in [0.25, 0.3) is 0 Å². The summed E-state index contributed by atoms with van der Waals surface area (Å²) in [5, 5.41) is 4.03. The van der Waals surface area contributed by atoms with Crippen molar-refractivity contribution in [2.75, 3.05) is 14.1 Å². The number of hydrogen-bond acceptors (Lipinski definition) is 3. The van der Waals surface area contributed by atoms with Crippen LogP contribution in [0.3, 0.4) is 0 Å². The van der Waals surface area contributed by atoms with Crippen molar-refractivity contribution < 1.29 is 0 Å². The van der Waals surface area contributed by atoms with Gasteiger partial charge in [0.05, 0.1) is 5.71 Å². The lowest BCUT2D eigenvalue weighted by Gasteiger charge is -2.02. The number of rotatable bonds is 3. The Morgan fingerprint density at radius 3 is 2.40 bits per heavy atom. The molecule has 0 amide bonds. The van der Waals surface area contributed by atoms with Crippen molar-refractivity contribution in [1.29, 1.82) is 0 Å². The van der Waals surface area contributed by atoms with Crippen LogP contribution in [0.1, 0.15) is 13.8 Å². The van der Waals surface area contributed by atoms with E-state index < -0.39 is 0 Å². The standard InChI is InChI=1S/C7H15N3/c1-6(2)7(5-8-3)10-9-4/h5-6,9H,1-4H3/b8-5?,10-7+. The van der Waals surface area contributed by atoms with Crippen molar-refractivity contribution in [1.82, 2.24) is 5.43 Å². The van der Waals surface area contributed by atoms with Gasteiger partial charge in [-0.25, -0.2) is 0 Å². The number of nitrogens with one attached hydrogen (secondary N) is 1. The van der Waals surface area contributed by atoms with Gasteiger partial charge in [0.25, 0.3) is 0 Å². The molecule has 0 unspecified atom stereocenters. The number of hydrazone groups is 1. The molecule has 0 atom stereocenters. The minimum atomic E-state index is 0.427. The normalized spacial score (nSPS) is 13.1. The van der Waals surface area contributed by atoms with Crippen LogP contribution in [0.4, 0.5) is 0 Å². The van der Waals surface area contributed by atoms with Gasteiger partial charge in [0.15, 0.2) is 0 Å². The van der Waals surface area contributed by atoms with Crippen LogP contribution < -0.4 is 5.43 Å². The van der Waals surface area contributed by atoms with Crippen molar-refractivity contribution >= 4 is 11.9 Å². The molecule has 0 aromatic heterocycles. The lowest BCUT2D eigenvalue weighted by atomic mass is 10.1. The Labute approximate surface area is 62.2 Å². The van der Waals surface area contributed by atoms with Gasteiger partial charge in [-0.1, -0.05) is 13.8 Å². The second-order valence-electron chi connectivity index (χ2n) is 2.30. The first kappa shape index (κ1) is 9.14. The van der Waals surface area contributed by atoms with Gasteiger partial charge < -0.3 is 5.43 Å². The number of nitrogens with zero attached hydrogens (tertiary/aromatic N) is 2. The highest BCUT2D eigenvalue weighted by Gasteiger charge is 1.99. The molecule has 0 spiro atoms. The van der Waals surface area contributed by atoms with Gasteiger partial charge in [-0.3, -0.25) is 4.99 Å². The lowest BCUT2D eigenvalue weighted by Crippen LogP contribution is -2.13. The molecule has 0 radical (unpaired) electrons. The molecule has 0 heterocycles. The largest absolute Gasteiger partial charge is 0.313 e. The molecule has 0 aliphatic rings. The zero-order valence-corrected chi connectivity index (χ0v) is 7.05. The van der Waals surface area contributed by atoms with Crippen molar-refractivity contribution in [2.24, 2.45) is 16.0 Å². The van der Waals surface area contributed by atoms with Crippen LogP contribution in [-0.4, -0.2) is 26.0 Å². The summed E-state index contributed by atoms with van der Waals surface area (Å²) >= 11 is 0. The van der Waals surface area contributed by atoms with Crippen LogP contribution >= 0.6 is 0 Å². The van der Waals surface area contributed by atoms with Crippen molar-refractivity contribution in [2.45, 2.75) is 13.8 Å². The summed E-state index contributed by atoms with van der Waals surface area (Å²) in [7, 11) is 3.53. The first-order chi connectivity index (χ1) is 4.72. The molecule has 0 rings (SSSR count). The fourth-order valence-corrected chi connectivity index (χ4v) is 0.568. The molecule has 0 aromatic rings. The quantitative estimate of drug-likeness (QED) is 0.460. The molecule has 0 bridgehead atoms. The van der Waals surface area contributed by atoms with Gasteiger partial charge in [0.2, 0.25) is 0 Å². The fourth-order valence-electron chi connectivity index (χ4n) is 0.568. The van der Waals surface area contributed by atoms with Crippen LogP contribution in [0.15, 0.2) is 10.1 Å². The second kappa shape index (κ2) is 4.97. The maximum atomic E-state index is 4.03. The third-order valence-corrected chi connectivity index (χ3v) is 1.09. The van der Waals surface area contributed by atoms with E-state index in [-0.39, 0.29) is 0 Å². The number of aliphatic imine (C=N–C) groups is 1. The summed E-state index contributed by atoms with van der Waals surface area (Å²) in [6, 6.07) is 0. The Morgan fingerprint density at radius 2 is 2.10 bits per heavy atom. The zero-order valence-electron chi connectivity index (χ0n) is 7.05. The Bertz CT molecular complexity index is 136. The molecule has 0 aliphatic carbocycles. The fraction of sp³-hybridized carbons (Fsp3) is 0.714. The Balaban J connectivity index is 4.11. The number of hydrogen-bond donors (Lipinski definition) is 1. The van der Waals surface area contributed by atoms with Crippen LogP contribution in [0.2, 0.25) is 0 Å². The first-order valence-electron chi connectivity index (χ1n) is 3.38. The Kier molecular flexibility index (Phi) is 4.54. The molecule has 1 N–H and O–H groups in total. The highest BCUT2D eigenvalue weighted by molar-refractivity contribution is 6.31. The van der Waals surface area contributed by atoms with E-state index in [0.717, 1.165) is 5.71 Å². The molecule has 3 nitrogen and oxygen atoms in total. The van der Waals surface area contributed by atoms with Crippen LogP contribution in [-0.2, 0) is 0 Å². The topological polar surface area (TPSA) is 36.8 Å². The monoisotopic (exact) mass is 141 g/mol. The maximum Gasteiger partial charge on any atom is 0.0805 e. The molecule has 0 saturated heterocycles. The Morgan fingerprint density at radius 1 is 1.50 bits per heavy atom. The summed E-state index contributed by atoms with van der Waals surface area (Å²) in [5.41, 5.74) is 3.71. The molecular weight excluding hydrogens is 126 g/mol. The highest BCUT2D eigenvalue weighted by Crippen LogP contribution is 1.93. The van der Waals surface area contributed by atoms with E-state index in [9.17, 15) is 0 Å². The van der Waals surface area contributed by atoms with E-state index in [0.29, 0.717) is 5.92 Å². The van der Waals surface area contributed by atoms with E-state index >= 15 is 0 Å². The van der Waals surface area contributed by atoms with Gasteiger partial charge in [0.1, 0.15) is 0 Å². The maximum absolute atomic E-state index is 4.03. The summed E-state index contributed by atoms with van der Waals surface area (Å²) < 4.78 is 0. The van der Waals surface area contributed by atoms with E-state index in [1.165, 1.54) is 0 Å². The zero-order chi connectivity index (χ0) is 7.98. The summed E-state index contributed by atoms with van der Waals surface area (Å²) in [6.45, 7) is 4.16. The molecule has 58 valence electrons. The molecule has 0 aliphatic heterocycles. The minimum Gasteiger partial charge on any atom is -0.313 e. The second-order valence-corrected chi connectivity index (χ2v) is 2.30. The van der Waals surface area contributed by atoms with Gasteiger partial charge in [0, 0.05) is 20.3 Å². The SMILES string of the molecule is CN=C/C(=N\NC)C(C)C. The molecule has 0 saturated carbocycles.